The molecule has 2 aromatic heterocycles. The molecule has 0 radical (unpaired) electrons. The Balaban J connectivity index is 1.26. The van der Waals surface area contributed by atoms with Gasteiger partial charge >= 0.3 is 6.03 Å². The van der Waals surface area contributed by atoms with E-state index in [0.717, 1.165) is 22.1 Å². The Morgan fingerprint density at radius 2 is 1.79 bits per heavy atom. The lowest BCUT2D eigenvalue weighted by molar-refractivity contribution is 0.0965. The van der Waals surface area contributed by atoms with Gasteiger partial charge in [-0.05, 0) is 73.9 Å². The van der Waals surface area contributed by atoms with E-state index < -0.39 is 11.8 Å². The fourth-order valence-corrected chi connectivity index (χ4v) is 4.63. The Hall–Kier alpha value is -4.99. The Bertz CT molecular complexity index is 1760. The number of rotatable bonds is 4. The van der Waals surface area contributed by atoms with Gasteiger partial charge in [-0.2, -0.15) is 5.10 Å². The van der Waals surface area contributed by atoms with E-state index in [0.29, 0.717) is 34.6 Å². The number of carbonyl (C=O) groups is 2. The van der Waals surface area contributed by atoms with Crippen molar-refractivity contribution >= 4 is 34.3 Å². The second-order valence-corrected chi connectivity index (χ2v) is 10.4. The average Bonchev–Trinajstić information content (AvgIpc) is 3.63. The summed E-state index contributed by atoms with van der Waals surface area (Å²) >= 11 is 0. The van der Waals surface area contributed by atoms with E-state index in [1.54, 1.807) is 41.3 Å². The molecule has 3 N–H and O–H groups in total. The predicted molar refractivity (Wildman–Crippen MR) is 146 cm³/mol. The first-order valence-electron chi connectivity index (χ1n) is 12.4. The number of anilines is 2. The lowest BCUT2D eigenvalue weighted by Crippen LogP contribution is -2.22. The first-order valence-corrected chi connectivity index (χ1v) is 12.4. The first-order chi connectivity index (χ1) is 18.7. The van der Waals surface area contributed by atoms with E-state index in [2.05, 4.69) is 21.1 Å². The largest absolute Gasteiger partial charge is 0.356 e. The summed E-state index contributed by atoms with van der Waals surface area (Å²) < 4.78 is 22.1. The molecule has 0 fully saturated rings. The van der Waals surface area contributed by atoms with Crippen LogP contribution >= 0.6 is 0 Å². The molecule has 0 unspecified atom stereocenters. The normalized spacial score (nSPS) is 12.9. The highest BCUT2D eigenvalue weighted by molar-refractivity contribution is 6.03. The molecule has 3 amide bonds. The van der Waals surface area contributed by atoms with Gasteiger partial charge in [-0.1, -0.05) is 23.4 Å². The molecule has 39 heavy (non-hydrogen) atoms. The number of urea groups is 1. The van der Waals surface area contributed by atoms with Crippen LogP contribution in [0.1, 0.15) is 36.7 Å². The molecular weight excluding hydrogens is 499 g/mol. The average molecular weight is 525 g/mol. The number of benzene rings is 3. The van der Waals surface area contributed by atoms with Crippen molar-refractivity contribution in [2.75, 3.05) is 10.6 Å². The molecule has 0 aliphatic carbocycles. The van der Waals surface area contributed by atoms with Gasteiger partial charge in [-0.3, -0.25) is 9.48 Å². The van der Waals surface area contributed by atoms with Crippen molar-refractivity contribution in [2.24, 2.45) is 0 Å². The molecule has 0 bridgehead atoms. The van der Waals surface area contributed by atoms with Gasteiger partial charge in [0, 0.05) is 29.3 Å². The molecule has 0 saturated carbocycles. The number of carbonyl (C=O) groups excluding carboxylic acids is 2. The molecule has 3 aromatic carbocycles. The zero-order valence-electron chi connectivity index (χ0n) is 21.5. The molecule has 0 saturated heterocycles. The number of nitrogens with zero attached hydrogens (tertiary/aromatic N) is 3. The molecule has 10 heteroatoms. The van der Waals surface area contributed by atoms with Crippen LogP contribution in [0.2, 0.25) is 0 Å². The van der Waals surface area contributed by atoms with Crippen molar-refractivity contribution < 1.29 is 18.5 Å². The molecule has 9 nitrogen and oxygen atoms in total. The van der Waals surface area contributed by atoms with Gasteiger partial charge in [0.1, 0.15) is 11.5 Å². The van der Waals surface area contributed by atoms with Crippen LogP contribution in [0.15, 0.2) is 71.5 Å². The second kappa shape index (κ2) is 9.09. The highest BCUT2D eigenvalue weighted by Crippen LogP contribution is 2.33. The van der Waals surface area contributed by atoms with Gasteiger partial charge in [0.2, 0.25) is 0 Å². The summed E-state index contributed by atoms with van der Waals surface area (Å²) in [5.74, 6) is -0.737. The topological polar surface area (TPSA) is 114 Å². The van der Waals surface area contributed by atoms with Crippen LogP contribution in [-0.2, 0) is 12.1 Å². The van der Waals surface area contributed by atoms with Crippen molar-refractivity contribution in [1.29, 1.82) is 0 Å². The van der Waals surface area contributed by atoms with Crippen molar-refractivity contribution in [2.45, 2.75) is 32.9 Å². The fraction of sp³-hybridized carbons (Fsp3) is 0.172. The summed E-state index contributed by atoms with van der Waals surface area (Å²) in [7, 11) is 0. The number of hydrogen-bond donors (Lipinski definition) is 3. The molecule has 1 aliphatic heterocycles. The summed E-state index contributed by atoms with van der Waals surface area (Å²) in [6, 6.07) is 14.8. The van der Waals surface area contributed by atoms with Crippen LogP contribution < -0.4 is 16.0 Å². The third-order valence-corrected chi connectivity index (χ3v) is 6.65. The van der Waals surface area contributed by atoms with Crippen LogP contribution in [0.3, 0.4) is 0 Å². The van der Waals surface area contributed by atoms with Crippen molar-refractivity contribution in [1.82, 2.24) is 20.3 Å². The number of aromatic nitrogens is 3. The lowest BCUT2D eigenvalue weighted by Gasteiger charge is -2.18. The molecule has 3 heterocycles. The lowest BCUT2D eigenvalue weighted by atomic mass is 9.96. The Kier molecular flexibility index (Phi) is 5.67. The van der Waals surface area contributed by atoms with Crippen LogP contribution in [0.4, 0.5) is 20.6 Å². The van der Waals surface area contributed by atoms with E-state index in [4.69, 9.17) is 9.62 Å². The number of amides is 3. The van der Waals surface area contributed by atoms with Gasteiger partial charge in [0.05, 0.1) is 23.1 Å². The molecule has 0 atom stereocenters. The zero-order chi connectivity index (χ0) is 27.3. The second-order valence-electron chi connectivity index (χ2n) is 10.4. The van der Waals surface area contributed by atoms with Crippen LogP contribution in [0.5, 0.6) is 0 Å². The number of halogens is 1. The van der Waals surface area contributed by atoms with E-state index in [-0.39, 0.29) is 17.1 Å². The van der Waals surface area contributed by atoms with Crippen molar-refractivity contribution in [3.8, 4) is 22.4 Å². The Morgan fingerprint density at radius 1 is 1.03 bits per heavy atom. The Morgan fingerprint density at radius 3 is 2.59 bits per heavy atom. The summed E-state index contributed by atoms with van der Waals surface area (Å²) in [6.07, 6.45) is 3.36. The fourth-order valence-electron chi connectivity index (χ4n) is 4.63. The summed E-state index contributed by atoms with van der Waals surface area (Å²) in [5, 5.41) is 17.6. The maximum Gasteiger partial charge on any atom is 0.323 e. The quantitative estimate of drug-likeness (QED) is 0.261. The Labute approximate surface area is 223 Å². The van der Waals surface area contributed by atoms with Gasteiger partial charge in [-0.15, -0.1) is 0 Å². The third-order valence-electron chi connectivity index (χ3n) is 6.65. The summed E-state index contributed by atoms with van der Waals surface area (Å²) in [5.41, 5.74) is 4.91. The van der Waals surface area contributed by atoms with E-state index in [1.807, 2.05) is 39.0 Å². The minimum atomic E-state index is -0.613. The summed E-state index contributed by atoms with van der Waals surface area (Å²) in [6.45, 7) is 6.40. The first kappa shape index (κ1) is 24.4. The SMILES string of the molecule is CC(C)(C)n1cc(NC(=O)Nc2ccc(-c3cccc4c3CNC4=O)cc2F)c(-c2ccc3oncc3c2)n1. The molecule has 196 valence electrons. The highest BCUT2D eigenvalue weighted by Gasteiger charge is 2.23. The molecule has 0 spiro atoms. The molecule has 1 aliphatic rings. The van der Waals surface area contributed by atoms with Crippen LogP contribution in [0.25, 0.3) is 33.4 Å². The maximum absolute atomic E-state index is 15.1. The van der Waals surface area contributed by atoms with Gasteiger partial charge < -0.3 is 20.5 Å². The standard InChI is InChI=1S/C29H25FN6O3/c1-29(2,3)36-15-24(26(35-36)17-8-10-25-18(11-17)13-32-39-25)34-28(38)33-23-9-7-16(12-22(23)30)19-5-4-6-20-21(19)14-31-27(20)37/h4-13,15H,14H2,1-3H3,(H,31,37)(H2,33,34,38). The predicted octanol–water partition coefficient (Wildman–Crippen LogP) is 6.14. The molecule has 5 aromatic rings. The van der Waals surface area contributed by atoms with Crippen LogP contribution in [-0.4, -0.2) is 26.9 Å². The van der Waals surface area contributed by atoms with E-state index in [9.17, 15) is 9.59 Å². The van der Waals surface area contributed by atoms with Gasteiger partial charge in [0.15, 0.2) is 5.58 Å². The maximum atomic E-state index is 15.1. The third kappa shape index (κ3) is 4.50. The van der Waals surface area contributed by atoms with E-state index >= 15 is 4.39 Å². The molecular formula is C29H25FN6O3. The number of hydrogen-bond acceptors (Lipinski definition) is 5. The van der Waals surface area contributed by atoms with Crippen molar-refractivity contribution in [3.63, 3.8) is 0 Å². The van der Waals surface area contributed by atoms with E-state index in [1.165, 1.54) is 12.1 Å². The minimum Gasteiger partial charge on any atom is -0.356 e. The highest BCUT2D eigenvalue weighted by atomic mass is 19.1. The number of nitrogens with one attached hydrogen (secondary N) is 3. The smallest absolute Gasteiger partial charge is 0.323 e. The van der Waals surface area contributed by atoms with Crippen LogP contribution in [0, 0.1) is 5.82 Å². The van der Waals surface area contributed by atoms with Gasteiger partial charge in [-0.25, -0.2) is 9.18 Å². The number of fused-ring (bicyclic) bond motifs is 2. The zero-order valence-corrected chi connectivity index (χ0v) is 21.5. The van der Waals surface area contributed by atoms with Gasteiger partial charge in [0.25, 0.3) is 5.91 Å². The molecule has 6 rings (SSSR count). The summed E-state index contributed by atoms with van der Waals surface area (Å²) in [4.78, 5) is 25.0. The van der Waals surface area contributed by atoms with Crippen molar-refractivity contribution in [3.05, 3.63) is 83.9 Å². The minimum absolute atomic E-state index is 0.0219. The monoisotopic (exact) mass is 524 g/mol.